The van der Waals surface area contributed by atoms with Gasteiger partial charge in [-0.3, -0.25) is 19.2 Å². The van der Waals surface area contributed by atoms with E-state index in [9.17, 15) is 19.2 Å². The average molecular weight is 641 g/mol. The summed E-state index contributed by atoms with van der Waals surface area (Å²) in [4.78, 5) is 51.9. The maximum atomic E-state index is 13.0. The van der Waals surface area contributed by atoms with E-state index in [1.807, 2.05) is 0 Å². The molecular formula is C37H68O8. The van der Waals surface area contributed by atoms with Crippen LogP contribution in [0.15, 0.2) is 0 Å². The molecule has 45 heavy (non-hydrogen) atoms. The molecule has 0 aromatic rings. The van der Waals surface area contributed by atoms with Gasteiger partial charge in [-0.05, 0) is 23.7 Å². The smallest absolute Gasteiger partial charge is 0.306 e. The summed E-state index contributed by atoms with van der Waals surface area (Å²) in [6.07, 6.45) is 12.2. The minimum Gasteiger partial charge on any atom is -0.465 e. The molecule has 0 aromatic carbocycles. The summed E-state index contributed by atoms with van der Waals surface area (Å²) in [5, 5.41) is 0. The van der Waals surface area contributed by atoms with Crippen molar-refractivity contribution >= 4 is 23.9 Å². The van der Waals surface area contributed by atoms with Gasteiger partial charge in [0.15, 0.2) is 0 Å². The van der Waals surface area contributed by atoms with E-state index in [-0.39, 0.29) is 99.7 Å². The zero-order chi connectivity index (χ0) is 34.1. The number of carbonyl (C=O) groups is 4. The van der Waals surface area contributed by atoms with E-state index in [0.29, 0.717) is 0 Å². The highest BCUT2D eigenvalue weighted by Gasteiger charge is 2.38. The zero-order valence-electron chi connectivity index (χ0n) is 30.2. The number of rotatable bonds is 28. The molecule has 0 spiro atoms. The molecule has 0 bridgehead atoms. The number of ether oxygens (including phenoxy) is 4. The van der Waals surface area contributed by atoms with E-state index in [2.05, 4.69) is 55.4 Å². The van der Waals surface area contributed by atoms with Crippen LogP contribution in [0.2, 0.25) is 0 Å². The van der Waals surface area contributed by atoms with Gasteiger partial charge in [0.05, 0.1) is 0 Å². The fourth-order valence-electron chi connectivity index (χ4n) is 5.80. The third-order valence-electron chi connectivity index (χ3n) is 9.08. The van der Waals surface area contributed by atoms with Gasteiger partial charge in [0.2, 0.25) is 0 Å². The zero-order valence-corrected chi connectivity index (χ0v) is 30.2. The van der Waals surface area contributed by atoms with Gasteiger partial charge in [0.1, 0.15) is 31.8 Å². The fraction of sp³-hybridized carbons (Fsp3) is 0.892. The van der Waals surface area contributed by atoms with Gasteiger partial charge in [-0.2, -0.15) is 0 Å². The summed E-state index contributed by atoms with van der Waals surface area (Å²) in [6.45, 7) is 15.8. The van der Waals surface area contributed by atoms with Crippen molar-refractivity contribution in [1.29, 1.82) is 0 Å². The molecule has 4 atom stereocenters. The Morgan fingerprint density at radius 2 is 0.600 bits per heavy atom. The highest BCUT2D eigenvalue weighted by Crippen LogP contribution is 2.26. The van der Waals surface area contributed by atoms with E-state index >= 15 is 0 Å². The maximum absolute atomic E-state index is 13.0. The quantitative estimate of drug-likeness (QED) is 0.0616. The Bertz CT molecular complexity index is 677. The molecule has 0 aliphatic carbocycles. The standard InChI is InChI=1S/C37H68O8/c1-9-17-29(13-5)21-33(38)42-25-37(26-43-34(39)22-30(14-6)18-10-2,27-44-35(40)23-31(15-7)19-11-3)28-45-36(41)24-32(16-8)20-12-4/h29-32H,9-28H2,1-8H3. The molecular weight excluding hydrogens is 572 g/mol. The molecule has 0 saturated heterocycles. The minimum atomic E-state index is -1.21. The van der Waals surface area contributed by atoms with Crippen LogP contribution in [0.5, 0.6) is 0 Å². The Balaban J connectivity index is 6.08. The SMILES string of the molecule is CCCC(CC)CC(=O)OCC(COC(=O)CC(CC)CCC)(COC(=O)CC(CC)CCC)COC(=O)CC(CC)CCC. The molecule has 8 heteroatoms. The topological polar surface area (TPSA) is 105 Å². The van der Waals surface area contributed by atoms with Crippen LogP contribution in [0, 0.1) is 29.1 Å². The average Bonchev–Trinajstić information content (AvgIpc) is 3.03. The van der Waals surface area contributed by atoms with Gasteiger partial charge in [0.25, 0.3) is 0 Å². The number of hydrogen-bond acceptors (Lipinski definition) is 8. The van der Waals surface area contributed by atoms with E-state index in [4.69, 9.17) is 18.9 Å². The lowest BCUT2D eigenvalue weighted by atomic mass is 9.91. The number of hydrogen-bond donors (Lipinski definition) is 0. The van der Waals surface area contributed by atoms with Gasteiger partial charge >= 0.3 is 23.9 Å². The van der Waals surface area contributed by atoms with Crippen LogP contribution in [0.3, 0.4) is 0 Å². The van der Waals surface area contributed by atoms with Gasteiger partial charge < -0.3 is 18.9 Å². The summed E-state index contributed by atoms with van der Waals surface area (Å²) >= 11 is 0. The highest BCUT2D eigenvalue weighted by molar-refractivity contribution is 5.71. The second-order valence-corrected chi connectivity index (χ2v) is 13.2. The summed E-state index contributed by atoms with van der Waals surface area (Å²) < 4.78 is 23.2. The molecule has 0 aliphatic rings. The lowest BCUT2D eigenvalue weighted by Crippen LogP contribution is -2.44. The number of carbonyl (C=O) groups excluding carboxylic acids is 4. The van der Waals surface area contributed by atoms with Gasteiger partial charge in [0, 0.05) is 25.7 Å². The van der Waals surface area contributed by atoms with Crippen molar-refractivity contribution in [3.8, 4) is 0 Å². The van der Waals surface area contributed by atoms with Crippen molar-refractivity contribution in [2.24, 2.45) is 29.1 Å². The molecule has 264 valence electrons. The molecule has 0 aliphatic heterocycles. The van der Waals surface area contributed by atoms with E-state index < -0.39 is 5.41 Å². The fourth-order valence-corrected chi connectivity index (χ4v) is 5.80. The van der Waals surface area contributed by atoms with E-state index in [1.54, 1.807) is 0 Å². The van der Waals surface area contributed by atoms with Crippen LogP contribution in [-0.4, -0.2) is 50.3 Å². The van der Waals surface area contributed by atoms with E-state index in [1.165, 1.54) is 0 Å². The van der Waals surface area contributed by atoms with E-state index in [0.717, 1.165) is 77.0 Å². The lowest BCUT2D eigenvalue weighted by molar-refractivity contribution is -0.171. The molecule has 8 nitrogen and oxygen atoms in total. The lowest BCUT2D eigenvalue weighted by Gasteiger charge is -2.32. The maximum Gasteiger partial charge on any atom is 0.306 e. The van der Waals surface area contributed by atoms with Gasteiger partial charge in [-0.25, -0.2) is 0 Å². The van der Waals surface area contributed by atoms with Crippen molar-refractivity contribution in [2.75, 3.05) is 26.4 Å². The predicted molar refractivity (Wildman–Crippen MR) is 179 cm³/mol. The van der Waals surface area contributed by atoms with Crippen molar-refractivity contribution in [3.05, 3.63) is 0 Å². The van der Waals surface area contributed by atoms with Crippen LogP contribution >= 0.6 is 0 Å². The number of esters is 4. The molecule has 0 N–H and O–H groups in total. The normalized spacial score (nSPS) is 15.3. The van der Waals surface area contributed by atoms with Crippen molar-refractivity contribution in [3.63, 3.8) is 0 Å². The first-order valence-corrected chi connectivity index (χ1v) is 18.2. The minimum absolute atomic E-state index is 0.188. The second-order valence-electron chi connectivity index (χ2n) is 13.2. The van der Waals surface area contributed by atoms with Crippen molar-refractivity contribution in [1.82, 2.24) is 0 Å². The largest absolute Gasteiger partial charge is 0.465 e. The van der Waals surface area contributed by atoms with Crippen LogP contribution in [0.4, 0.5) is 0 Å². The molecule has 0 saturated carbocycles. The third kappa shape index (κ3) is 19.9. The Labute approximate surface area is 275 Å². The molecule has 0 amide bonds. The summed E-state index contributed by atoms with van der Waals surface area (Å²) in [5.41, 5.74) is -1.21. The van der Waals surface area contributed by atoms with Gasteiger partial charge in [-0.15, -0.1) is 0 Å². The molecule has 0 radical (unpaired) electrons. The Morgan fingerprint density at radius 1 is 0.400 bits per heavy atom. The molecule has 4 unspecified atom stereocenters. The first-order chi connectivity index (χ1) is 21.5. The monoisotopic (exact) mass is 640 g/mol. The second kappa shape index (κ2) is 26.0. The molecule has 0 aromatic heterocycles. The molecule has 0 rings (SSSR count). The first-order valence-electron chi connectivity index (χ1n) is 18.2. The van der Waals surface area contributed by atoms with Crippen molar-refractivity contribution < 1.29 is 38.1 Å². The first kappa shape index (κ1) is 42.9. The Kier molecular flexibility index (Phi) is 24.8. The third-order valence-corrected chi connectivity index (χ3v) is 9.08. The van der Waals surface area contributed by atoms with Crippen LogP contribution in [-0.2, 0) is 38.1 Å². The summed E-state index contributed by atoms with van der Waals surface area (Å²) in [5.74, 6) is -0.594. The van der Waals surface area contributed by atoms with Gasteiger partial charge in [-0.1, -0.05) is 132 Å². The van der Waals surface area contributed by atoms with Crippen LogP contribution in [0.1, 0.15) is 158 Å². The Morgan fingerprint density at radius 3 is 0.756 bits per heavy atom. The summed E-state index contributed by atoms with van der Waals surface area (Å²) in [6, 6.07) is 0. The Hall–Kier alpha value is -2.12. The van der Waals surface area contributed by atoms with Crippen LogP contribution in [0.25, 0.3) is 0 Å². The van der Waals surface area contributed by atoms with Crippen LogP contribution < -0.4 is 0 Å². The highest BCUT2D eigenvalue weighted by atomic mass is 16.6. The molecule has 0 heterocycles. The molecule has 0 fully saturated rings. The summed E-state index contributed by atoms with van der Waals surface area (Å²) in [7, 11) is 0. The van der Waals surface area contributed by atoms with Crippen molar-refractivity contribution in [2.45, 2.75) is 158 Å². The predicted octanol–water partition coefficient (Wildman–Crippen LogP) is 9.01.